The van der Waals surface area contributed by atoms with Crippen molar-refractivity contribution in [3.63, 3.8) is 0 Å². The van der Waals surface area contributed by atoms with Gasteiger partial charge in [0.1, 0.15) is 5.54 Å². The third kappa shape index (κ3) is 2.95. The molecule has 0 aromatic carbocycles. The number of likely N-dealkylation sites (tertiary alicyclic amines) is 1. The molecule has 1 aliphatic rings. The van der Waals surface area contributed by atoms with Gasteiger partial charge in [-0.15, -0.1) is 0 Å². The van der Waals surface area contributed by atoms with E-state index in [0.717, 1.165) is 26.1 Å². The van der Waals surface area contributed by atoms with Crippen LogP contribution in [0.25, 0.3) is 0 Å². The van der Waals surface area contributed by atoms with E-state index in [9.17, 15) is 14.7 Å². The maximum absolute atomic E-state index is 11.2. The van der Waals surface area contributed by atoms with E-state index in [4.69, 9.17) is 0 Å². The molecule has 0 saturated carbocycles. The van der Waals surface area contributed by atoms with Crippen LogP contribution >= 0.6 is 0 Å². The van der Waals surface area contributed by atoms with Gasteiger partial charge in [0.2, 0.25) is 5.91 Å². The Hall–Kier alpha value is -1.10. The average molecular weight is 228 g/mol. The van der Waals surface area contributed by atoms with Crippen LogP contribution in [0.4, 0.5) is 0 Å². The highest BCUT2D eigenvalue weighted by Crippen LogP contribution is 2.22. The Balaban J connectivity index is 2.62. The number of hydrogen-bond donors (Lipinski definition) is 2. The number of piperidine rings is 1. The zero-order chi connectivity index (χ0) is 12.2. The minimum absolute atomic E-state index is 0.272. The number of nitrogens with zero attached hydrogens (tertiary/aromatic N) is 1. The van der Waals surface area contributed by atoms with Crippen molar-refractivity contribution < 1.29 is 14.7 Å². The molecule has 0 aliphatic carbocycles. The summed E-state index contributed by atoms with van der Waals surface area (Å²) in [5.74, 6) is -1.19. The van der Waals surface area contributed by atoms with E-state index in [2.05, 4.69) is 17.1 Å². The summed E-state index contributed by atoms with van der Waals surface area (Å²) in [7, 11) is 0. The molecule has 0 spiro atoms. The first-order chi connectivity index (χ1) is 7.50. The minimum atomic E-state index is -1.05. The van der Waals surface area contributed by atoms with Crippen molar-refractivity contribution in [1.82, 2.24) is 10.2 Å². The number of carboxylic acid groups (broad SMARTS) is 1. The van der Waals surface area contributed by atoms with Gasteiger partial charge in [0.15, 0.2) is 0 Å². The molecule has 0 radical (unpaired) electrons. The molecular formula is C11H20N2O3. The number of nitrogens with one attached hydrogen (secondary N) is 1. The Morgan fingerprint density at radius 1 is 1.38 bits per heavy atom. The maximum atomic E-state index is 11.2. The first-order valence-corrected chi connectivity index (χ1v) is 5.74. The Morgan fingerprint density at radius 3 is 2.31 bits per heavy atom. The van der Waals surface area contributed by atoms with Crippen LogP contribution in [0.5, 0.6) is 0 Å². The molecule has 0 unspecified atom stereocenters. The van der Waals surface area contributed by atoms with E-state index in [0.29, 0.717) is 12.8 Å². The van der Waals surface area contributed by atoms with E-state index < -0.39 is 11.5 Å². The summed E-state index contributed by atoms with van der Waals surface area (Å²) in [6.07, 6.45) is 2.05. The minimum Gasteiger partial charge on any atom is -0.480 e. The smallest absolute Gasteiger partial charge is 0.329 e. The molecule has 1 amide bonds. The lowest BCUT2D eigenvalue weighted by atomic mass is 9.87. The van der Waals surface area contributed by atoms with Crippen molar-refractivity contribution in [2.75, 3.05) is 19.6 Å². The van der Waals surface area contributed by atoms with E-state index in [1.807, 2.05) is 0 Å². The lowest BCUT2D eigenvalue weighted by Gasteiger charge is -2.39. The summed E-state index contributed by atoms with van der Waals surface area (Å²) in [5, 5.41) is 11.8. The number of carbonyl (C=O) groups excluding carboxylic acids is 1. The summed E-state index contributed by atoms with van der Waals surface area (Å²) in [4.78, 5) is 24.5. The van der Waals surface area contributed by atoms with Crippen LogP contribution in [0.3, 0.4) is 0 Å². The molecule has 0 aromatic rings. The molecule has 1 heterocycles. The number of carboxylic acids is 1. The first-order valence-electron chi connectivity index (χ1n) is 5.74. The first kappa shape index (κ1) is 13.0. The number of aliphatic carboxylic acids is 1. The molecule has 0 atom stereocenters. The second-order valence-electron chi connectivity index (χ2n) is 4.41. The van der Waals surface area contributed by atoms with Crippen molar-refractivity contribution in [3.05, 3.63) is 0 Å². The summed E-state index contributed by atoms with van der Waals surface area (Å²) in [6, 6.07) is 0. The van der Waals surface area contributed by atoms with Gasteiger partial charge in [0, 0.05) is 20.0 Å². The summed E-state index contributed by atoms with van der Waals surface area (Å²) in [5.41, 5.74) is -1.05. The molecule has 1 fully saturated rings. The van der Waals surface area contributed by atoms with Crippen LogP contribution in [0, 0.1) is 0 Å². The van der Waals surface area contributed by atoms with Gasteiger partial charge in [0.25, 0.3) is 0 Å². The van der Waals surface area contributed by atoms with Crippen molar-refractivity contribution in [2.24, 2.45) is 0 Å². The highest BCUT2D eigenvalue weighted by molar-refractivity contribution is 5.86. The highest BCUT2D eigenvalue weighted by Gasteiger charge is 2.41. The molecule has 2 N–H and O–H groups in total. The molecule has 92 valence electrons. The molecule has 0 bridgehead atoms. The predicted octanol–water partition coefficient (Wildman–Crippen LogP) is 0.452. The van der Waals surface area contributed by atoms with Crippen LogP contribution in [-0.4, -0.2) is 47.1 Å². The molecular weight excluding hydrogens is 208 g/mol. The van der Waals surface area contributed by atoms with E-state index >= 15 is 0 Å². The molecule has 1 aliphatic heterocycles. The van der Waals surface area contributed by atoms with Crippen LogP contribution in [0.15, 0.2) is 0 Å². The molecule has 5 nitrogen and oxygen atoms in total. The normalized spacial score (nSPS) is 20.4. The molecule has 5 heteroatoms. The average Bonchev–Trinajstić information content (AvgIpc) is 2.20. The zero-order valence-electron chi connectivity index (χ0n) is 9.95. The van der Waals surface area contributed by atoms with E-state index in [-0.39, 0.29) is 5.91 Å². The topological polar surface area (TPSA) is 69.6 Å². The van der Waals surface area contributed by atoms with Crippen molar-refractivity contribution in [3.8, 4) is 0 Å². The van der Waals surface area contributed by atoms with Gasteiger partial charge < -0.3 is 15.3 Å². The molecule has 1 rings (SSSR count). The van der Waals surface area contributed by atoms with Crippen LogP contribution in [0.2, 0.25) is 0 Å². The van der Waals surface area contributed by atoms with Crippen LogP contribution in [0.1, 0.15) is 33.1 Å². The summed E-state index contributed by atoms with van der Waals surface area (Å²) in [6.45, 7) is 5.94. The Morgan fingerprint density at radius 2 is 1.94 bits per heavy atom. The number of rotatable bonds is 4. The van der Waals surface area contributed by atoms with Crippen molar-refractivity contribution in [2.45, 2.75) is 38.6 Å². The Kier molecular flexibility index (Phi) is 4.29. The second kappa shape index (κ2) is 5.30. The van der Waals surface area contributed by atoms with Gasteiger partial charge in [-0.3, -0.25) is 4.79 Å². The fourth-order valence-corrected chi connectivity index (χ4v) is 2.20. The fourth-order valence-electron chi connectivity index (χ4n) is 2.20. The summed E-state index contributed by atoms with van der Waals surface area (Å²) >= 11 is 0. The number of hydrogen-bond acceptors (Lipinski definition) is 3. The zero-order valence-corrected chi connectivity index (χ0v) is 9.95. The third-order valence-corrected chi connectivity index (χ3v) is 3.07. The fraction of sp³-hybridized carbons (Fsp3) is 0.818. The van der Waals surface area contributed by atoms with Crippen molar-refractivity contribution in [1.29, 1.82) is 0 Å². The van der Waals surface area contributed by atoms with Crippen molar-refractivity contribution >= 4 is 11.9 Å². The van der Waals surface area contributed by atoms with Gasteiger partial charge in [-0.05, 0) is 25.8 Å². The lowest BCUT2D eigenvalue weighted by Crippen LogP contribution is -2.59. The SMILES string of the molecule is CCCN1CCC(NC(C)=O)(C(=O)O)CC1. The highest BCUT2D eigenvalue weighted by atomic mass is 16.4. The quantitative estimate of drug-likeness (QED) is 0.733. The maximum Gasteiger partial charge on any atom is 0.329 e. The Bertz CT molecular complexity index is 270. The van der Waals surface area contributed by atoms with Gasteiger partial charge in [-0.25, -0.2) is 4.79 Å². The van der Waals surface area contributed by atoms with Gasteiger partial charge in [-0.2, -0.15) is 0 Å². The van der Waals surface area contributed by atoms with Gasteiger partial charge in [-0.1, -0.05) is 6.92 Å². The largest absolute Gasteiger partial charge is 0.480 e. The standard InChI is InChI=1S/C11H20N2O3/c1-3-6-13-7-4-11(5-8-13,10(15)16)12-9(2)14/h3-8H2,1-2H3,(H,12,14)(H,15,16). The number of amides is 1. The van der Waals surface area contributed by atoms with Gasteiger partial charge in [0.05, 0.1) is 0 Å². The monoisotopic (exact) mass is 228 g/mol. The summed E-state index contributed by atoms with van der Waals surface area (Å²) < 4.78 is 0. The molecule has 1 saturated heterocycles. The van der Waals surface area contributed by atoms with E-state index in [1.54, 1.807) is 0 Å². The lowest BCUT2D eigenvalue weighted by molar-refractivity contribution is -0.149. The second-order valence-corrected chi connectivity index (χ2v) is 4.41. The van der Waals surface area contributed by atoms with Crippen LogP contribution in [-0.2, 0) is 9.59 Å². The van der Waals surface area contributed by atoms with E-state index in [1.165, 1.54) is 6.92 Å². The third-order valence-electron chi connectivity index (χ3n) is 3.07. The molecule has 0 aromatic heterocycles. The predicted molar refractivity (Wildman–Crippen MR) is 60.1 cm³/mol. The number of carbonyl (C=O) groups is 2. The van der Waals surface area contributed by atoms with Gasteiger partial charge >= 0.3 is 5.97 Å². The molecule has 16 heavy (non-hydrogen) atoms. The Labute approximate surface area is 95.8 Å². The van der Waals surface area contributed by atoms with Crippen LogP contribution < -0.4 is 5.32 Å².